The predicted molar refractivity (Wildman–Crippen MR) is 101 cm³/mol. The molecule has 128 valence electrons. The molecule has 0 radical (unpaired) electrons. The molecule has 2 heterocycles. The lowest BCUT2D eigenvalue weighted by Crippen LogP contribution is -2.38. The summed E-state index contributed by atoms with van der Waals surface area (Å²) in [4.78, 5) is 2.49. The Morgan fingerprint density at radius 3 is 2.68 bits per heavy atom. The van der Waals surface area contributed by atoms with Gasteiger partial charge in [0, 0.05) is 36.5 Å². The number of benzene rings is 2. The molecule has 3 nitrogen and oxygen atoms in total. The second kappa shape index (κ2) is 6.95. The highest BCUT2D eigenvalue weighted by atomic mass is 35.5. The zero-order valence-electron chi connectivity index (χ0n) is 14.2. The fourth-order valence-electron chi connectivity index (χ4n) is 3.64. The number of nitrogens with zero attached hydrogens (tertiary/aromatic N) is 2. The van der Waals surface area contributed by atoms with Crippen molar-refractivity contribution < 1.29 is 4.74 Å². The molecule has 1 atom stereocenters. The SMILES string of the molecule is COc1ccc(Cl)c(CN2CCn3cccc3C2c2ccccc2)c1. The minimum Gasteiger partial charge on any atom is -0.497 e. The fourth-order valence-corrected chi connectivity index (χ4v) is 3.81. The van der Waals surface area contributed by atoms with Gasteiger partial charge in [-0.3, -0.25) is 4.90 Å². The number of hydrogen-bond donors (Lipinski definition) is 0. The molecule has 0 saturated carbocycles. The molecule has 25 heavy (non-hydrogen) atoms. The Labute approximate surface area is 153 Å². The monoisotopic (exact) mass is 352 g/mol. The number of ether oxygens (including phenoxy) is 1. The number of fused-ring (bicyclic) bond motifs is 1. The van der Waals surface area contributed by atoms with Crippen molar-refractivity contribution >= 4 is 11.6 Å². The number of rotatable bonds is 4. The summed E-state index contributed by atoms with van der Waals surface area (Å²) in [6.07, 6.45) is 2.17. The Kier molecular flexibility index (Phi) is 4.51. The lowest BCUT2D eigenvalue weighted by atomic mass is 9.99. The van der Waals surface area contributed by atoms with Crippen LogP contribution in [0, 0.1) is 0 Å². The maximum atomic E-state index is 6.46. The Bertz CT molecular complexity index is 859. The van der Waals surface area contributed by atoms with Gasteiger partial charge in [0.2, 0.25) is 0 Å². The van der Waals surface area contributed by atoms with Gasteiger partial charge in [-0.05, 0) is 41.5 Å². The van der Waals surface area contributed by atoms with Crippen molar-refractivity contribution in [3.8, 4) is 5.75 Å². The second-order valence-electron chi connectivity index (χ2n) is 6.37. The van der Waals surface area contributed by atoms with Gasteiger partial charge in [0.05, 0.1) is 13.2 Å². The first-order valence-electron chi connectivity index (χ1n) is 8.53. The molecule has 1 unspecified atom stereocenters. The van der Waals surface area contributed by atoms with Crippen LogP contribution in [0.5, 0.6) is 5.75 Å². The summed E-state index contributed by atoms with van der Waals surface area (Å²) in [6, 6.07) is 21.1. The van der Waals surface area contributed by atoms with Crippen molar-refractivity contribution in [2.75, 3.05) is 13.7 Å². The minimum absolute atomic E-state index is 0.229. The summed E-state index contributed by atoms with van der Waals surface area (Å²) < 4.78 is 7.72. The molecule has 0 amide bonds. The van der Waals surface area contributed by atoms with Gasteiger partial charge in [-0.1, -0.05) is 41.9 Å². The summed E-state index contributed by atoms with van der Waals surface area (Å²) in [5.41, 5.74) is 3.74. The van der Waals surface area contributed by atoms with Crippen molar-refractivity contribution in [2.24, 2.45) is 0 Å². The van der Waals surface area contributed by atoms with Crippen molar-refractivity contribution in [2.45, 2.75) is 19.1 Å². The molecule has 0 aliphatic carbocycles. The molecule has 1 aliphatic rings. The molecular weight excluding hydrogens is 332 g/mol. The molecule has 1 aromatic heterocycles. The zero-order valence-corrected chi connectivity index (χ0v) is 15.0. The molecule has 4 heteroatoms. The third-order valence-corrected chi connectivity index (χ3v) is 5.25. The van der Waals surface area contributed by atoms with Crippen LogP contribution in [0.15, 0.2) is 66.9 Å². The van der Waals surface area contributed by atoms with E-state index in [0.717, 1.165) is 36.0 Å². The normalized spacial score (nSPS) is 17.3. The van der Waals surface area contributed by atoms with Crippen LogP contribution in [-0.4, -0.2) is 23.1 Å². The topological polar surface area (TPSA) is 17.4 Å². The van der Waals surface area contributed by atoms with Crippen molar-refractivity contribution in [1.82, 2.24) is 9.47 Å². The summed E-state index contributed by atoms with van der Waals surface area (Å²) in [7, 11) is 1.69. The van der Waals surface area contributed by atoms with Gasteiger partial charge in [0.25, 0.3) is 0 Å². The molecule has 0 spiro atoms. The van der Waals surface area contributed by atoms with E-state index in [1.54, 1.807) is 7.11 Å². The van der Waals surface area contributed by atoms with E-state index >= 15 is 0 Å². The van der Waals surface area contributed by atoms with Crippen molar-refractivity contribution in [3.63, 3.8) is 0 Å². The van der Waals surface area contributed by atoms with Crippen molar-refractivity contribution in [1.29, 1.82) is 0 Å². The lowest BCUT2D eigenvalue weighted by molar-refractivity contribution is 0.174. The van der Waals surface area contributed by atoms with E-state index in [0.29, 0.717) is 0 Å². The first-order valence-corrected chi connectivity index (χ1v) is 8.90. The highest BCUT2D eigenvalue weighted by Crippen LogP contribution is 2.34. The van der Waals surface area contributed by atoms with Gasteiger partial charge < -0.3 is 9.30 Å². The van der Waals surface area contributed by atoms with E-state index in [9.17, 15) is 0 Å². The molecule has 0 bridgehead atoms. The highest BCUT2D eigenvalue weighted by Gasteiger charge is 2.29. The van der Waals surface area contributed by atoms with Gasteiger partial charge in [0.1, 0.15) is 5.75 Å². The minimum atomic E-state index is 0.229. The maximum absolute atomic E-state index is 6.46. The summed E-state index contributed by atoms with van der Waals surface area (Å²) >= 11 is 6.46. The smallest absolute Gasteiger partial charge is 0.119 e. The number of methoxy groups -OCH3 is 1. The molecule has 0 fully saturated rings. The van der Waals surface area contributed by atoms with Crippen molar-refractivity contribution in [3.05, 3.63) is 88.7 Å². The highest BCUT2D eigenvalue weighted by molar-refractivity contribution is 6.31. The van der Waals surface area contributed by atoms with E-state index in [1.807, 2.05) is 18.2 Å². The summed E-state index contributed by atoms with van der Waals surface area (Å²) in [6.45, 7) is 2.77. The van der Waals surface area contributed by atoms with Crippen LogP contribution in [0.1, 0.15) is 22.9 Å². The Hall–Kier alpha value is -2.23. The molecule has 1 aliphatic heterocycles. The molecule has 2 aromatic carbocycles. The van der Waals surface area contributed by atoms with Gasteiger partial charge in [-0.2, -0.15) is 0 Å². The van der Waals surface area contributed by atoms with E-state index < -0.39 is 0 Å². The third kappa shape index (κ3) is 3.17. The maximum Gasteiger partial charge on any atom is 0.119 e. The van der Waals surface area contributed by atoms with Crippen LogP contribution in [0.25, 0.3) is 0 Å². The Morgan fingerprint density at radius 2 is 1.88 bits per heavy atom. The van der Waals surface area contributed by atoms with E-state index in [2.05, 4.69) is 58.1 Å². The molecule has 3 aromatic rings. The van der Waals surface area contributed by atoms with Crippen LogP contribution in [0.2, 0.25) is 5.02 Å². The first kappa shape index (κ1) is 16.2. The molecule has 0 saturated heterocycles. The molecular formula is C21H21ClN2O. The molecule has 0 N–H and O–H groups in total. The fraction of sp³-hybridized carbons (Fsp3) is 0.238. The number of halogens is 1. The Balaban J connectivity index is 1.71. The number of aromatic nitrogens is 1. The quantitative estimate of drug-likeness (QED) is 0.673. The second-order valence-corrected chi connectivity index (χ2v) is 6.77. The summed E-state index contributed by atoms with van der Waals surface area (Å²) in [5.74, 6) is 0.844. The largest absolute Gasteiger partial charge is 0.497 e. The van der Waals surface area contributed by atoms with Gasteiger partial charge in [-0.25, -0.2) is 0 Å². The van der Waals surface area contributed by atoms with Crippen LogP contribution in [-0.2, 0) is 13.1 Å². The third-order valence-electron chi connectivity index (χ3n) is 4.88. The first-order chi connectivity index (χ1) is 12.3. The Morgan fingerprint density at radius 1 is 1.04 bits per heavy atom. The lowest BCUT2D eigenvalue weighted by Gasteiger charge is -2.37. The van der Waals surface area contributed by atoms with Crippen LogP contribution in [0.3, 0.4) is 0 Å². The van der Waals surface area contributed by atoms with Crippen LogP contribution < -0.4 is 4.74 Å². The number of hydrogen-bond acceptors (Lipinski definition) is 2. The average Bonchev–Trinajstić information content (AvgIpc) is 3.12. The van der Waals surface area contributed by atoms with E-state index in [-0.39, 0.29) is 6.04 Å². The van der Waals surface area contributed by atoms with Crippen LogP contribution in [0.4, 0.5) is 0 Å². The van der Waals surface area contributed by atoms with Gasteiger partial charge >= 0.3 is 0 Å². The van der Waals surface area contributed by atoms with E-state index in [4.69, 9.17) is 16.3 Å². The molecule has 4 rings (SSSR count). The van der Waals surface area contributed by atoms with Gasteiger partial charge in [-0.15, -0.1) is 0 Å². The predicted octanol–water partition coefficient (Wildman–Crippen LogP) is 4.76. The average molecular weight is 353 g/mol. The van der Waals surface area contributed by atoms with Gasteiger partial charge in [0.15, 0.2) is 0 Å². The standard InChI is InChI=1S/C21H21ClN2O/c1-25-18-9-10-19(22)17(14-18)15-24-13-12-23-11-5-8-20(23)21(24)16-6-3-2-4-7-16/h2-11,14,21H,12-13,15H2,1H3. The van der Waals surface area contributed by atoms with Crippen LogP contribution >= 0.6 is 11.6 Å². The zero-order chi connectivity index (χ0) is 17.2. The summed E-state index contributed by atoms with van der Waals surface area (Å²) in [5, 5.41) is 0.786. The van der Waals surface area contributed by atoms with E-state index in [1.165, 1.54) is 11.3 Å².